The fourth-order valence-electron chi connectivity index (χ4n) is 7.07. The Morgan fingerprint density at radius 2 is 0.977 bits per heavy atom. The van der Waals surface area contributed by atoms with E-state index in [0.717, 1.165) is 48.2 Å². The van der Waals surface area contributed by atoms with Crippen LogP contribution in [0.4, 0.5) is 0 Å². The lowest BCUT2D eigenvalue weighted by atomic mass is 9.66. The van der Waals surface area contributed by atoms with Gasteiger partial charge in [0, 0.05) is 22.3 Å². The highest BCUT2D eigenvalue weighted by Crippen LogP contribution is 2.44. The molecule has 1 aliphatic rings. The van der Waals surface area contributed by atoms with E-state index in [4.69, 9.17) is 0 Å². The summed E-state index contributed by atoms with van der Waals surface area (Å²) in [6, 6.07) is 7.55. The molecular formula is C41H68O2. The molecule has 6 atom stereocenters. The van der Waals surface area contributed by atoms with E-state index in [2.05, 4.69) is 69.2 Å². The van der Waals surface area contributed by atoms with Gasteiger partial charge in [-0.2, -0.15) is 0 Å². The first-order valence-electron chi connectivity index (χ1n) is 18.2. The van der Waals surface area contributed by atoms with Crippen molar-refractivity contribution in [1.29, 1.82) is 0 Å². The average molecular weight is 593 g/mol. The molecule has 0 saturated carbocycles. The van der Waals surface area contributed by atoms with E-state index in [1.54, 1.807) is 0 Å². The Balaban J connectivity index is 2.20. The molecule has 0 bridgehead atoms. The molecule has 0 amide bonds. The number of carbonyl (C=O) groups excluding carboxylic acids is 2. The van der Waals surface area contributed by atoms with Gasteiger partial charge in [-0.3, -0.25) is 9.59 Å². The highest BCUT2D eigenvalue weighted by Gasteiger charge is 2.40. The molecule has 43 heavy (non-hydrogen) atoms. The topological polar surface area (TPSA) is 34.1 Å². The van der Waals surface area contributed by atoms with E-state index < -0.39 is 0 Å². The third-order valence-electron chi connectivity index (χ3n) is 10.7. The fourth-order valence-corrected chi connectivity index (χ4v) is 7.07. The Labute approximate surface area is 267 Å². The van der Waals surface area contributed by atoms with Crippen molar-refractivity contribution in [2.75, 3.05) is 0 Å². The van der Waals surface area contributed by atoms with Crippen LogP contribution >= 0.6 is 0 Å². The summed E-state index contributed by atoms with van der Waals surface area (Å²) >= 11 is 0. The summed E-state index contributed by atoms with van der Waals surface area (Å²) in [4.78, 5) is 28.3. The van der Waals surface area contributed by atoms with E-state index >= 15 is 0 Å². The molecule has 0 N–H and O–H groups in total. The monoisotopic (exact) mass is 593 g/mol. The SMILES string of the molecule is CCC(C)CCCC(C)CCCC(C)CC1=C(C(CCC(C)CCCC(C)CC)C(C)(C)C)C(=O)c2ccccc2C1=O. The molecule has 0 aromatic heterocycles. The number of allylic oxidation sites excluding steroid dienone is 2. The van der Waals surface area contributed by atoms with Crippen LogP contribution in [0.3, 0.4) is 0 Å². The zero-order chi connectivity index (χ0) is 32.2. The van der Waals surface area contributed by atoms with E-state index in [-0.39, 0.29) is 22.9 Å². The van der Waals surface area contributed by atoms with Crippen molar-refractivity contribution in [3.63, 3.8) is 0 Å². The minimum Gasteiger partial charge on any atom is -0.289 e. The molecule has 6 unspecified atom stereocenters. The zero-order valence-corrected chi connectivity index (χ0v) is 30.0. The van der Waals surface area contributed by atoms with Gasteiger partial charge in [-0.25, -0.2) is 0 Å². The normalized spacial score (nSPS) is 18.3. The predicted molar refractivity (Wildman–Crippen MR) is 187 cm³/mol. The Morgan fingerprint density at radius 3 is 1.44 bits per heavy atom. The molecular weight excluding hydrogens is 524 g/mol. The number of ketones is 2. The first kappa shape index (κ1) is 37.5. The van der Waals surface area contributed by atoms with E-state index in [0.29, 0.717) is 29.4 Å². The number of hydrogen-bond acceptors (Lipinski definition) is 2. The quantitative estimate of drug-likeness (QED) is 0.151. The second kappa shape index (κ2) is 18.3. The van der Waals surface area contributed by atoms with E-state index in [1.807, 2.05) is 24.3 Å². The maximum absolute atomic E-state index is 14.2. The third kappa shape index (κ3) is 12.0. The van der Waals surface area contributed by atoms with Crippen LogP contribution in [0, 0.1) is 40.9 Å². The smallest absolute Gasteiger partial charge is 0.190 e. The fraction of sp³-hybridized carbons (Fsp3) is 0.756. The first-order chi connectivity index (χ1) is 20.3. The van der Waals surface area contributed by atoms with Gasteiger partial charge in [0.25, 0.3) is 0 Å². The zero-order valence-electron chi connectivity index (χ0n) is 30.0. The second-order valence-electron chi connectivity index (χ2n) is 15.9. The maximum Gasteiger partial charge on any atom is 0.190 e. The van der Waals surface area contributed by atoms with Crippen LogP contribution in [0.1, 0.15) is 180 Å². The summed E-state index contributed by atoms with van der Waals surface area (Å²) in [6.07, 6.45) is 16.7. The lowest BCUT2D eigenvalue weighted by molar-refractivity contribution is 0.0940. The highest BCUT2D eigenvalue weighted by atomic mass is 16.1. The van der Waals surface area contributed by atoms with Crippen LogP contribution in [-0.4, -0.2) is 11.6 Å². The third-order valence-corrected chi connectivity index (χ3v) is 10.7. The van der Waals surface area contributed by atoms with Crippen LogP contribution in [0.15, 0.2) is 35.4 Å². The van der Waals surface area contributed by atoms with Gasteiger partial charge in [0.05, 0.1) is 0 Å². The summed E-state index contributed by atoms with van der Waals surface area (Å²) < 4.78 is 0. The van der Waals surface area contributed by atoms with Crippen LogP contribution in [0.5, 0.6) is 0 Å². The summed E-state index contributed by atoms with van der Waals surface area (Å²) in [7, 11) is 0. The Kier molecular flexibility index (Phi) is 16.0. The largest absolute Gasteiger partial charge is 0.289 e. The molecule has 0 spiro atoms. The first-order valence-corrected chi connectivity index (χ1v) is 18.2. The van der Waals surface area contributed by atoms with Crippen LogP contribution in [0.25, 0.3) is 0 Å². The lowest BCUT2D eigenvalue weighted by Gasteiger charge is -2.37. The van der Waals surface area contributed by atoms with Crippen molar-refractivity contribution < 1.29 is 9.59 Å². The van der Waals surface area contributed by atoms with E-state index in [9.17, 15) is 9.59 Å². The number of carbonyl (C=O) groups is 2. The number of hydrogen-bond donors (Lipinski definition) is 0. The van der Waals surface area contributed by atoms with Gasteiger partial charge in [0.15, 0.2) is 11.6 Å². The van der Waals surface area contributed by atoms with Crippen molar-refractivity contribution in [3.05, 3.63) is 46.5 Å². The number of benzene rings is 1. The molecule has 0 saturated heterocycles. The summed E-state index contributed by atoms with van der Waals surface area (Å²) in [5, 5.41) is 0. The molecule has 0 heterocycles. The van der Waals surface area contributed by atoms with Crippen molar-refractivity contribution in [1.82, 2.24) is 0 Å². The van der Waals surface area contributed by atoms with Crippen LogP contribution < -0.4 is 0 Å². The predicted octanol–water partition coefficient (Wildman–Crippen LogP) is 12.7. The molecule has 1 aliphatic carbocycles. The lowest BCUT2D eigenvalue weighted by Crippen LogP contribution is -2.33. The minimum atomic E-state index is -0.0901. The standard InChI is InChI=1S/C41H68O2/c1-11-29(3)18-15-20-31(5)21-17-23-33(7)28-36-38(40(43)35-25-14-13-24-34(35)39(36)42)37(41(8,9)10)27-26-32(6)22-16-19-30(4)12-2/h13-14,24-25,29-33,37H,11-12,15-23,26-28H2,1-10H3. The number of Topliss-reactive ketones (excluding diaryl/α,β-unsaturated/α-hetero) is 2. The van der Waals surface area contributed by atoms with Gasteiger partial charge >= 0.3 is 0 Å². The second-order valence-corrected chi connectivity index (χ2v) is 15.9. The molecule has 0 aliphatic heterocycles. The average Bonchev–Trinajstić information content (AvgIpc) is 2.96. The maximum atomic E-state index is 14.2. The molecule has 0 radical (unpaired) electrons. The Bertz CT molecular complexity index is 1020. The van der Waals surface area contributed by atoms with E-state index in [1.165, 1.54) is 64.2 Å². The highest BCUT2D eigenvalue weighted by molar-refractivity contribution is 6.27. The van der Waals surface area contributed by atoms with Crippen molar-refractivity contribution in [2.45, 2.75) is 159 Å². The molecule has 2 heteroatoms. The molecule has 0 fully saturated rings. The number of rotatable bonds is 20. The Morgan fingerprint density at radius 1 is 0.558 bits per heavy atom. The molecule has 1 aromatic rings. The van der Waals surface area contributed by atoms with Gasteiger partial charge in [-0.1, -0.05) is 171 Å². The molecule has 1 aromatic carbocycles. The van der Waals surface area contributed by atoms with Gasteiger partial charge in [-0.05, 0) is 53.8 Å². The molecule has 244 valence electrons. The van der Waals surface area contributed by atoms with Gasteiger partial charge < -0.3 is 0 Å². The summed E-state index contributed by atoms with van der Waals surface area (Å²) in [5.41, 5.74) is 2.79. The molecule has 2 rings (SSSR count). The van der Waals surface area contributed by atoms with Crippen LogP contribution in [-0.2, 0) is 0 Å². The Hall–Kier alpha value is -1.70. The summed E-state index contributed by atoms with van der Waals surface area (Å²) in [6.45, 7) is 23.2. The van der Waals surface area contributed by atoms with Crippen molar-refractivity contribution in [2.24, 2.45) is 40.9 Å². The summed E-state index contributed by atoms with van der Waals surface area (Å²) in [5.74, 6) is 3.71. The number of fused-ring (bicyclic) bond motifs is 1. The van der Waals surface area contributed by atoms with Crippen LogP contribution in [0.2, 0.25) is 0 Å². The van der Waals surface area contributed by atoms with Gasteiger partial charge in [0.1, 0.15) is 0 Å². The minimum absolute atomic E-state index is 0.0852. The molecule has 2 nitrogen and oxygen atoms in total. The van der Waals surface area contributed by atoms with Gasteiger partial charge in [0.2, 0.25) is 0 Å². The van der Waals surface area contributed by atoms with Crippen molar-refractivity contribution in [3.8, 4) is 0 Å². The van der Waals surface area contributed by atoms with Crippen molar-refractivity contribution >= 4 is 11.6 Å². The van der Waals surface area contributed by atoms with Gasteiger partial charge in [-0.15, -0.1) is 0 Å².